The first kappa shape index (κ1) is 23.0. The molecule has 3 nitrogen and oxygen atoms in total. The highest BCUT2D eigenvalue weighted by Gasteiger charge is 2.27. The van der Waals surface area contributed by atoms with E-state index in [2.05, 4.69) is 58.7 Å². The molecule has 0 N–H and O–H groups in total. The van der Waals surface area contributed by atoms with Crippen molar-refractivity contribution in [1.82, 2.24) is 0 Å². The second kappa shape index (κ2) is 8.01. The SMILES string of the molecule is COc1c(C)cc2cc([Si](C)(C)C)ccc2c1-c1c(S(=O)(=O)Br)c(C)cc2ccccc12. The van der Waals surface area contributed by atoms with Gasteiger partial charge in [0.25, 0.3) is 0 Å². The lowest BCUT2D eigenvalue weighted by Gasteiger charge is -2.22. The van der Waals surface area contributed by atoms with Crippen LogP contribution in [0, 0.1) is 13.8 Å². The first-order valence-electron chi connectivity index (χ1n) is 10.5. The standard InChI is InChI=1S/C26H27BrO3SSi/c1-16-13-19-15-20(32(4,5)6)11-12-22(19)23(25(16)30-3)24-21-10-8-7-9-18(21)14-17(2)26(24)31(27,28)29/h7-15H,1-6H3. The Kier molecular flexibility index (Phi) is 5.76. The van der Waals surface area contributed by atoms with Crippen molar-refractivity contribution >= 4 is 57.9 Å². The lowest BCUT2D eigenvalue weighted by molar-refractivity contribution is 0.414. The molecule has 32 heavy (non-hydrogen) atoms. The van der Waals surface area contributed by atoms with Crippen LogP contribution in [-0.4, -0.2) is 23.6 Å². The van der Waals surface area contributed by atoms with Crippen LogP contribution in [0.3, 0.4) is 0 Å². The second-order valence-corrected chi connectivity index (χ2v) is 18.3. The van der Waals surface area contributed by atoms with E-state index in [1.807, 2.05) is 44.2 Å². The molecule has 0 aliphatic rings. The molecule has 0 spiro atoms. The Bertz CT molecular complexity index is 1490. The molecule has 0 amide bonds. The summed E-state index contributed by atoms with van der Waals surface area (Å²) in [7, 11) is -3.55. The Balaban J connectivity index is 2.28. The largest absolute Gasteiger partial charge is 0.496 e. The predicted octanol–water partition coefficient (Wildman–Crippen LogP) is 6.91. The summed E-state index contributed by atoms with van der Waals surface area (Å²) in [5.74, 6) is 0.700. The van der Waals surface area contributed by atoms with E-state index in [1.165, 1.54) is 5.19 Å². The molecule has 0 saturated heterocycles. The van der Waals surface area contributed by atoms with E-state index in [4.69, 9.17) is 4.74 Å². The first-order chi connectivity index (χ1) is 14.9. The molecule has 0 fully saturated rings. The molecule has 4 aromatic carbocycles. The van der Waals surface area contributed by atoms with E-state index in [1.54, 1.807) is 7.11 Å². The van der Waals surface area contributed by atoms with Crippen LogP contribution >= 0.6 is 14.8 Å². The van der Waals surface area contributed by atoms with Gasteiger partial charge < -0.3 is 4.74 Å². The van der Waals surface area contributed by atoms with Crippen molar-refractivity contribution in [2.45, 2.75) is 38.4 Å². The molecular formula is C26H27BrO3SSi. The lowest BCUT2D eigenvalue weighted by Crippen LogP contribution is -2.37. The molecule has 0 heterocycles. The Morgan fingerprint density at radius 2 is 1.44 bits per heavy atom. The third-order valence-corrected chi connectivity index (χ3v) is 10.1. The van der Waals surface area contributed by atoms with Crippen molar-refractivity contribution in [3.05, 3.63) is 65.7 Å². The fourth-order valence-corrected chi connectivity index (χ4v) is 7.86. The fourth-order valence-electron chi connectivity index (χ4n) is 4.54. The molecule has 0 saturated carbocycles. The fraction of sp³-hybridized carbons (Fsp3) is 0.231. The van der Waals surface area contributed by atoms with Gasteiger partial charge in [-0.15, -0.1) is 0 Å². The van der Waals surface area contributed by atoms with Crippen molar-refractivity contribution in [1.29, 1.82) is 0 Å². The normalized spacial score (nSPS) is 12.5. The minimum atomic E-state index is -3.68. The van der Waals surface area contributed by atoms with Crippen molar-refractivity contribution < 1.29 is 13.2 Å². The number of benzene rings is 4. The Hall–Kier alpha value is -2.15. The van der Waals surface area contributed by atoms with Gasteiger partial charge in [-0.2, -0.15) is 0 Å². The van der Waals surface area contributed by atoms with E-state index in [9.17, 15) is 8.42 Å². The van der Waals surface area contributed by atoms with E-state index in [-0.39, 0.29) is 4.90 Å². The molecule has 4 aromatic rings. The topological polar surface area (TPSA) is 43.4 Å². The zero-order valence-electron chi connectivity index (χ0n) is 19.2. The van der Waals surface area contributed by atoms with E-state index in [0.29, 0.717) is 16.9 Å². The summed E-state index contributed by atoms with van der Waals surface area (Å²) in [6.07, 6.45) is 0. The van der Waals surface area contributed by atoms with Gasteiger partial charge in [0.15, 0.2) is 0 Å². The summed E-state index contributed by atoms with van der Waals surface area (Å²) in [5, 5.41) is 5.33. The number of fused-ring (bicyclic) bond motifs is 2. The molecule has 4 rings (SSSR count). The summed E-state index contributed by atoms with van der Waals surface area (Å²) in [6, 6.07) is 18.6. The van der Waals surface area contributed by atoms with E-state index < -0.39 is 16.3 Å². The van der Waals surface area contributed by atoms with Gasteiger partial charge in [-0.25, -0.2) is 8.42 Å². The van der Waals surface area contributed by atoms with Crippen LogP contribution in [-0.2, 0) is 8.27 Å². The summed E-state index contributed by atoms with van der Waals surface area (Å²) in [5.41, 5.74) is 3.18. The molecule has 166 valence electrons. The number of aryl methyl sites for hydroxylation is 2. The Labute approximate surface area is 198 Å². The van der Waals surface area contributed by atoms with Crippen molar-refractivity contribution in [2.24, 2.45) is 0 Å². The molecule has 0 unspecified atom stereocenters. The summed E-state index contributed by atoms with van der Waals surface area (Å²) < 4.78 is 31.8. The molecule has 6 heteroatoms. The van der Waals surface area contributed by atoms with Gasteiger partial charge in [-0.3, -0.25) is 0 Å². The number of halogens is 1. The average Bonchev–Trinajstić information content (AvgIpc) is 2.69. The number of ether oxygens (including phenoxy) is 1. The van der Waals surface area contributed by atoms with Gasteiger partial charge in [0.05, 0.1) is 34.9 Å². The predicted molar refractivity (Wildman–Crippen MR) is 142 cm³/mol. The average molecular weight is 528 g/mol. The maximum atomic E-state index is 13.0. The summed E-state index contributed by atoms with van der Waals surface area (Å²) >= 11 is 2.98. The first-order valence-corrected chi connectivity index (χ1v) is 17.4. The van der Waals surface area contributed by atoms with E-state index in [0.717, 1.165) is 32.7 Å². The lowest BCUT2D eigenvalue weighted by atomic mass is 9.90. The highest BCUT2D eigenvalue weighted by molar-refractivity contribution is 9.47. The summed E-state index contributed by atoms with van der Waals surface area (Å²) in [6.45, 7) is 10.8. The van der Waals surface area contributed by atoms with Gasteiger partial charge in [-0.05, 0) is 52.6 Å². The van der Waals surface area contributed by atoms with Crippen molar-refractivity contribution in [3.8, 4) is 16.9 Å². The van der Waals surface area contributed by atoms with Crippen LogP contribution in [0.4, 0.5) is 0 Å². The van der Waals surface area contributed by atoms with Crippen molar-refractivity contribution in [2.75, 3.05) is 7.11 Å². The van der Waals surface area contributed by atoms with Gasteiger partial charge >= 0.3 is 0 Å². The third-order valence-electron chi connectivity index (χ3n) is 6.03. The van der Waals surface area contributed by atoms with Crippen LogP contribution < -0.4 is 9.92 Å². The minimum Gasteiger partial charge on any atom is -0.496 e. The number of hydrogen-bond donors (Lipinski definition) is 0. The molecule has 0 aliphatic carbocycles. The number of methoxy groups -OCH3 is 1. The Morgan fingerprint density at radius 1 is 0.812 bits per heavy atom. The van der Waals surface area contributed by atoms with Crippen LogP contribution in [0.2, 0.25) is 19.6 Å². The molecule has 0 bridgehead atoms. The smallest absolute Gasteiger partial charge is 0.238 e. The van der Waals surface area contributed by atoms with Crippen molar-refractivity contribution in [3.63, 3.8) is 0 Å². The Morgan fingerprint density at radius 3 is 2.06 bits per heavy atom. The van der Waals surface area contributed by atoms with Crippen LogP contribution in [0.1, 0.15) is 11.1 Å². The number of hydrogen-bond acceptors (Lipinski definition) is 3. The van der Waals surface area contributed by atoms with Gasteiger partial charge in [0, 0.05) is 11.1 Å². The van der Waals surface area contributed by atoms with Gasteiger partial charge in [0.1, 0.15) is 5.75 Å². The minimum absolute atomic E-state index is 0.288. The van der Waals surface area contributed by atoms with Crippen LogP contribution in [0.15, 0.2) is 59.5 Å². The molecule has 0 aliphatic heterocycles. The maximum Gasteiger partial charge on any atom is 0.238 e. The number of rotatable bonds is 4. The van der Waals surface area contributed by atoms with Gasteiger partial charge in [-0.1, -0.05) is 73.4 Å². The highest BCUT2D eigenvalue weighted by atomic mass is 79.9. The molecule has 0 radical (unpaired) electrons. The monoisotopic (exact) mass is 526 g/mol. The van der Waals surface area contributed by atoms with Gasteiger partial charge in [0.2, 0.25) is 8.27 Å². The second-order valence-electron chi connectivity index (χ2n) is 9.34. The molecule has 0 atom stereocenters. The van der Waals surface area contributed by atoms with E-state index >= 15 is 0 Å². The zero-order chi connectivity index (χ0) is 23.4. The molecule has 0 aromatic heterocycles. The molecular weight excluding hydrogens is 500 g/mol. The highest BCUT2D eigenvalue weighted by Crippen LogP contribution is 2.47. The third kappa shape index (κ3) is 3.89. The maximum absolute atomic E-state index is 13.0. The quantitative estimate of drug-likeness (QED) is 0.214. The zero-order valence-corrected chi connectivity index (χ0v) is 22.6. The summed E-state index contributed by atoms with van der Waals surface area (Å²) in [4.78, 5) is 0.288. The van der Waals surface area contributed by atoms with Crippen LogP contribution in [0.5, 0.6) is 5.75 Å². The van der Waals surface area contributed by atoms with Crippen LogP contribution in [0.25, 0.3) is 32.7 Å².